The maximum Gasteiger partial charge on any atom is 0.209 e. The Kier molecular flexibility index (Phi) is 7.63. The zero-order chi connectivity index (χ0) is 23.3. The summed E-state index contributed by atoms with van der Waals surface area (Å²) in [6, 6.07) is 18.4. The number of piperidine rings is 1. The zero-order valence-electron chi connectivity index (χ0n) is 19.4. The Hall–Kier alpha value is -2.48. The molecule has 1 aromatic heterocycles. The molecule has 2 aromatic carbocycles. The van der Waals surface area contributed by atoms with Gasteiger partial charge in [0.1, 0.15) is 5.75 Å². The summed E-state index contributed by atoms with van der Waals surface area (Å²) >= 11 is 0. The third-order valence-electron chi connectivity index (χ3n) is 6.39. The number of fused-ring (bicyclic) bond motifs is 1. The van der Waals surface area contributed by atoms with E-state index in [9.17, 15) is 8.42 Å². The van der Waals surface area contributed by atoms with E-state index >= 15 is 0 Å². The SMILES string of the molecule is Cc1ccc2c(OCCC(c3cccc(CNS(C)(=O)=O)c3)C3CCNCC3)cccc2n1. The molecule has 4 rings (SSSR count). The first-order valence-corrected chi connectivity index (χ1v) is 13.5. The summed E-state index contributed by atoms with van der Waals surface area (Å²) < 4.78 is 31.9. The van der Waals surface area contributed by atoms with E-state index in [0.717, 1.165) is 60.3 Å². The molecule has 2 N–H and O–H groups in total. The van der Waals surface area contributed by atoms with E-state index in [1.807, 2.05) is 43.3 Å². The second kappa shape index (κ2) is 10.6. The van der Waals surface area contributed by atoms with Crippen LogP contribution in [0, 0.1) is 12.8 Å². The van der Waals surface area contributed by atoms with Crippen LogP contribution in [0.25, 0.3) is 10.9 Å². The number of aryl methyl sites for hydroxylation is 1. The minimum atomic E-state index is -3.22. The highest BCUT2D eigenvalue weighted by Crippen LogP contribution is 2.35. The van der Waals surface area contributed by atoms with Crippen LogP contribution in [0.2, 0.25) is 0 Å². The van der Waals surface area contributed by atoms with Gasteiger partial charge in [-0.1, -0.05) is 30.3 Å². The number of hydrogen-bond acceptors (Lipinski definition) is 5. The molecule has 0 aliphatic carbocycles. The van der Waals surface area contributed by atoms with Crippen molar-refractivity contribution in [3.05, 3.63) is 71.4 Å². The molecule has 1 fully saturated rings. The average Bonchev–Trinajstić information content (AvgIpc) is 2.80. The highest BCUT2D eigenvalue weighted by molar-refractivity contribution is 7.88. The van der Waals surface area contributed by atoms with Gasteiger partial charge in [0.05, 0.1) is 18.4 Å². The second-order valence-electron chi connectivity index (χ2n) is 8.94. The Morgan fingerprint density at radius 3 is 2.70 bits per heavy atom. The van der Waals surface area contributed by atoms with Gasteiger partial charge < -0.3 is 10.1 Å². The van der Waals surface area contributed by atoms with Crippen molar-refractivity contribution >= 4 is 20.9 Å². The van der Waals surface area contributed by atoms with Gasteiger partial charge in [0.2, 0.25) is 10.0 Å². The number of pyridine rings is 1. The first kappa shape index (κ1) is 23.7. The van der Waals surface area contributed by atoms with Crippen molar-refractivity contribution < 1.29 is 13.2 Å². The molecule has 1 aliphatic heterocycles. The van der Waals surface area contributed by atoms with Gasteiger partial charge in [0, 0.05) is 17.6 Å². The van der Waals surface area contributed by atoms with E-state index in [4.69, 9.17) is 4.74 Å². The molecule has 2 heterocycles. The van der Waals surface area contributed by atoms with E-state index in [1.54, 1.807) is 0 Å². The van der Waals surface area contributed by atoms with Crippen LogP contribution in [0.4, 0.5) is 0 Å². The van der Waals surface area contributed by atoms with E-state index in [-0.39, 0.29) is 0 Å². The smallest absolute Gasteiger partial charge is 0.209 e. The topological polar surface area (TPSA) is 80.3 Å². The van der Waals surface area contributed by atoms with Crippen LogP contribution in [0.1, 0.15) is 42.0 Å². The Labute approximate surface area is 196 Å². The van der Waals surface area contributed by atoms with Gasteiger partial charge in [-0.25, -0.2) is 13.1 Å². The summed E-state index contributed by atoms with van der Waals surface area (Å²) in [6.45, 7) is 4.99. The number of nitrogens with one attached hydrogen (secondary N) is 2. The molecule has 1 unspecified atom stereocenters. The van der Waals surface area contributed by atoms with Gasteiger partial charge in [-0.2, -0.15) is 0 Å². The van der Waals surface area contributed by atoms with Crippen molar-refractivity contribution in [2.75, 3.05) is 26.0 Å². The molecule has 1 atom stereocenters. The zero-order valence-corrected chi connectivity index (χ0v) is 20.2. The highest BCUT2D eigenvalue weighted by atomic mass is 32.2. The van der Waals surface area contributed by atoms with Gasteiger partial charge in [0.25, 0.3) is 0 Å². The van der Waals surface area contributed by atoms with Gasteiger partial charge in [-0.15, -0.1) is 0 Å². The lowest BCUT2D eigenvalue weighted by Crippen LogP contribution is -2.31. The minimum absolute atomic E-state index is 0.310. The van der Waals surface area contributed by atoms with Crippen LogP contribution >= 0.6 is 0 Å². The molecular formula is C26H33N3O3S. The maximum absolute atomic E-state index is 11.5. The van der Waals surface area contributed by atoms with E-state index in [1.165, 1.54) is 11.8 Å². The summed E-state index contributed by atoms with van der Waals surface area (Å²) in [7, 11) is -3.22. The quantitative estimate of drug-likeness (QED) is 0.494. The minimum Gasteiger partial charge on any atom is -0.493 e. The molecule has 0 radical (unpaired) electrons. The molecule has 3 aromatic rings. The first-order valence-electron chi connectivity index (χ1n) is 11.6. The largest absolute Gasteiger partial charge is 0.493 e. The Balaban J connectivity index is 1.50. The monoisotopic (exact) mass is 467 g/mol. The van der Waals surface area contributed by atoms with Crippen molar-refractivity contribution in [3.63, 3.8) is 0 Å². The molecule has 0 amide bonds. The third-order valence-corrected chi connectivity index (χ3v) is 7.06. The van der Waals surface area contributed by atoms with Crippen molar-refractivity contribution in [3.8, 4) is 5.75 Å². The first-order chi connectivity index (χ1) is 15.9. The summed E-state index contributed by atoms with van der Waals surface area (Å²) in [5.41, 5.74) is 4.19. The second-order valence-corrected chi connectivity index (χ2v) is 10.8. The lowest BCUT2D eigenvalue weighted by molar-refractivity contribution is 0.249. The van der Waals surface area contributed by atoms with Gasteiger partial charge in [-0.3, -0.25) is 4.98 Å². The predicted molar refractivity (Wildman–Crippen MR) is 133 cm³/mol. The van der Waals surface area contributed by atoms with Gasteiger partial charge >= 0.3 is 0 Å². The van der Waals surface area contributed by atoms with Crippen LogP contribution in [0.5, 0.6) is 5.75 Å². The Morgan fingerprint density at radius 2 is 1.91 bits per heavy atom. The summed E-state index contributed by atoms with van der Waals surface area (Å²) in [5.74, 6) is 1.81. The molecule has 176 valence electrons. The summed E-state index contributed by atoms with van der Waals surface area (Å²) in [4.78, 5) is 4.61. The normalized spacial score (nSPS) is 16.1. The maximum atomic E-state index is 11.5. The molecule has 0 saturated carbocycles. The number of aromatic nitrogens is 1. The van der Waals surface area contributed by atoms with E-state index in [0.29, 0.717) is 25.0 Å². The molecule has 6 nitrogen and oxygen atoms in total. The Morgan fingerprint density at radius 1 is 1.12 bits per heavy atom. The van der Waals surface area contributed by atoms with Crippen molar-refractivity contribution in [1.82, 2.24) is 15.0 Å². The van der Waals surface area contributed by atoms with Crippen LogP contribution < -0.4 is 14.8 Å². The standard InChI is InChI=1S/C26H33N3O3S/c1-19-9-10-24-25(29-19)7-4-8-26(24)32-16-13-23(21-11-14-27-15-12-21)22-6-3-5-20(17-22)18-28-33(2,30)31/h3-10,17,21,23,27-28H,11-16,18H2,1-2H3. The molecule has 0 spiro atoms. The highest BCUT2D eigenvalue weighted by Gasteiger charge is 2.25. The Bertz CT molecular complexity index is 1190. The molecule has 1 saturated heterocycles. The van der Waals surface area contributed by atoms with Crippen molar-refractivity contribution in [1.29, 1.82) is 0 Å². The number of sulfonamides is 1. The molecule has 33 heavy (non-hydrogen) atoms. The number of rotatable bonds is 9. The van der Waals surface area contributed by atoms with Gasteiger partial charge in [-0.05, 0) is 86.5 Å². The molecule has 7 heteroatoms. The fourth-order valence-electron chi connectivity index (χ4n) is 4.72. The van der Waals surface area contributed by atoms with Crippen molar-refractivity contribution in [2.24, 2.45) is 5.92 Å². The van der Waals surface area contributed by atoms with Crippen LogP contribution in [-0.4, -0.2) is 39.4 Å². The predicted octanol–water partition coefficient (Wildman–Crippen LogP) is 4.14. The van der Waals surface area contributed by atoms with E-state index in [2.05, 4.69) is 33.2 Å². The lowest BCUT2D eigenvalue weighted by atomic mass is 9.78. The third kappa shape index (κ3) is 6.53. The molecule has 1 aliphatic rings. The van der Waals surface area contributed by atoms with Crippen LogP contribution in [0.15, 0.2) is 54.6 Å². The summed E-state index contributed by atoms with van der Waals surface area (Å²) in [5, 5.41) is 4.50. The number of benzene rings is 2. The number of ether oxygens (including phenoxy) is 1. The number of nitrogens with zero attached hydrogens (tertiary/aromatic N) is 1. The molecule has 0 bridgehead atoms. The fraction of sp³-hybridized carbons (Fsp3) is 0.423. The van der Waals surface area contributed by atoms with E-state index < -0.39 is 10.0 Å². The van der Waals surface area contributed by atoms with Crippen LogP contribution in [-0.2, 0) is 16.6 Å². The fourth-order valence-corrected chi connectivity index (χ4v) is 5.15. The molecular weight excluding hydrogens is 434 g/mol. The van der Waals surface area contributed by atoms with Crippen LogP contribution in [0.3, 0.4) is 0 Å². The lowest BCUT2D eigenvalue weighted by Gasteiger charge is -2.31. The average molecular weight is 468 g/mol. The number of hydrogen-bond donors (Lipinski definition) is 2. The van der Waals surface area contributed by atoms with Crippen molar-refractivity contribution in [2.45, 2.75) is 38.6 Å². The summed E-state index contributed by atoms with van der Waals surface area (Å²) in [6.07, 6.45) is 4.36. The van der Waals surface area contributed by atoms with Gasteiger partial charge in [0.15, 0.2) is 0 Å².